The smallest absolute Gasteiger partial charge is 0.328 e. The van der Waals surface area contributed by atoms with Crippen molar-refractivity contribution in [2.75, 3.05) is 13.1 Å². The summed E-state index contributed by atoms with van der Waals surface area (Å²) in [5.74, 6) is 0.747. The van der Waals surface area contributed by atoms with Gasteiger partial charge in [-0.15, -0.1) is 0 Å². The SMILES string of the molecule is Cc1ccc(OC2CCN(C(=O)CCn3ccc(=O)[nH]c3=O)CC2)cn1. The number of aryl methyl sites for hydroxylation is 2. The molecule has 138 valence electrons. The first-order valence-electron chi connectivity index (χ1n) is 8.68. The molecule has 0 saturated carbocycles. The summed E-state index contributed by atoms with van der Waals surface area (Å²) in [5.41, 5.74) is 0.00639. The van der Waals surface area contributed by atoms with Crippen LogP contribution >= 0.6 is 0 Å². The highest BCUT2D eigenvalue weighted by Crippen LogP contribution is 2.19. The van der Waals surface area contributed by atoms with Crippen LogP contribution in [0.3, 0.4) is 0 Å². The molecule has 26 heavy (non-hydrogen) atoms. The van der Waals surface area contributed by atoms with Crippen molar-refractivity contribution in [3.05, 3.63) is 57.1 Å². The first-order valence-corrected chi connectivity index (χ1v) is 8.68. The molecule has 3 heterocycles. The molecule has 1 saturated heterocycles. The van der Waals surface area contributed by atoms with Crippen molar-refractivity contribution >= 4 is 5.91 Å². The summed E-state index contributed by atoms with van der Waals surface area (Å²) < 4.78 is 7.25. The van der Waals surface area contributed by atoms with Crippen LogP contribution in [0, 0.1) is 6.92 Å². The quantitative estimate of drug-likeness (QED) is 0.849. The Labute approximate surface area is 150 Å². The Kier molecular flexibility index (Phi) is 5.50. The van der Waals surface area contributed by atoms with Gasteiger partial charge < -0.3 is 14.2 Å². The molecule has 0 radical (unpaired) electrons. The lowest BCUT2D eigenvalue weighted by Crippen LogP contribution is -2.42. The zero-order chi connectivity index (χ0) is 18.5. The number of amides is 1. The number of aromatic amines is 1. The second-order valence-corrected chi connectivity index (χ2v) is 6.39. The number of hydrogen-bond acceptors (Lipinski definition) is 5. The predicted molar refractivity (Wildman–Crippen MR) is 95.1 cm³/mol. The van der Waals surface area contributed by atoms with Crippen LogP contribution in [0.4, 0.5) is 0 Å². The van der Waals surface area contributed by atoms with Crippen LogP contribution in [0.1, 0.15) is 25.0 Å². The Balaban J connectivity index is 1.46. The number of carbonyl (C=O) groups is 1. The highest BCUT2D eigenvalue weighted by atomic mass is 16.5. The maximum absolute atomic E-state index is 12.3. The highest BCUT2D eigenvalue weighted by molar-refractivity contribution is 5.76. The van der Waals surface area contributed by atoms with E-state index in [1.54, 1.807) is 11.1 Å². The van der Waals surface area contributed by atoms with E-state index in [0.717, 1.165) is 24.3 Å². The summed E-state index contributed by atoms with van der Waals surface area (Å²) in [6.07, 6.45) is 4.94. The van der Waals surface area contributed by atoms with Gasteiger partial charge >= 0.3 is 5.69 Å². The largest absolute Gasteiger partial charge is 0.489 e. The normalized spacial score (nSPS) is 15.0. The van der Waals surface area contributed by atoms with Crippen molar-refractivity contribution < 1.29 is 9.53 Å². The Bertz CT molecular complexity index is 864. The van der Waals surface area contributed by atoms with E-state index < -0.39 is 11.2 Å². The molecule has 3 rings (SSSR count). The summed E-state index contributed by atoms with van der Waals surface area (Å²) in [5, 5.41) is 0. The lowest BCUT2D eigenvalue weighted by Gasteiger charge is -2.32. The van der Waals surface area contributed by atoms with Crippen molar-refractivity contribution in [1.82, 2.24) is 19.4 Å². The van der Waals surface area contributed by atoms with Crippen LogP contribution in [0.2, 0.25) is 0 Å². The lowest BCUT2D eigenvalue weighted by atomic mass is 10.1. The van der Waals surface area contributed by atoms with E-state index in [-0.39, 0.29) is 25.0 Å². The number of nitrogens with zero attached hydrogens (tertiary/aromatic N) is 3. The minimum absolute atomic E-state index is 0.00134. The molecule has 1 N–H and O–H groups in total. The number of rotatable bonds is 5. The molecule has 0 unspecified atom stereocenters. The molecule has 0 aliphatic carbocycles. The summed E-state index contributed by atoms with van der Waals surface area (Å²) in [7, 11) is 0. The van der Waals surface area contributed by atoms with Gasteiger partial charge in [0.15, 0.2) is 0 Å². The van der Waals surface area contributed by atoms with Gasteiger partial charge in [-0.25, -0.2) is 4.79 Å². The molecule has 2 aromatic rings. The molecule has 0 spiro atoms. The van der Waals surface area contributed by atoms with Gasteiger partial charge in [0.05, 0.1) is 6.20 Å². The van der Waals surface area contributed by atoms with E-state index in [1.165, 1.54) is 16.8 Å². The average molecular weight is 358 g/mol. The van der Waals surface area contributed by atoms with E-state index >= 15 is 0 Å². The van der Waals surface area contributed by atoms with Crippen molar-refractivity contribution in [2.45, 2.75) is 38.8 Å². The summed E-state index contributed by atoms with van der Waals surface area (Å²) in [6.45, 7) is 3.43. The Hall–Kier alpha value is -2.90. The average Bonchev–Trinajstić information content (AvgIpc) is 2.63. The van der Waals surface area contributed by atoms with Crippen molar-refractivity contribution in [3.63, 3.8) is 0 Å². The van der Waals surface area contributed by atoms with Crippen LogP contribution in [-0.4, -0.2) is 44.5 Å². The van der Waals surface area contributed by atoms with Crippen molar-refractivity contribution in [1.29, 1.82) is 0 Å². The molecular formula is C18H22N4O4. The number of hydrogen-bond donors (Lipinski definition) is 1. The maximum atomic E-state index is 12.3. The lowest BCUT2D eigenvalue weighted by molar-refractivity contribution is -0.133. The van der Waals surface area contributed by atoms with Gasteiger partial charge in [-0.3, -0.25) is 19.6 Å². The van der Waals surface area contributed by atoms with Crippen LogP contribution < -0.4 is 16.0 Å². The molecule has 1 fully saturated rings. The first-order chi connectivity index (χ1) is 12.5. The Morgan fingerprint density at radius 3 is 2.69 bits per heavy atom. The number of aromatic nitrogens is 3. The number of H-pyrrole nitrogens is 1. The molecule has 1 aliphatic heterocycles. The number of likely N-dealkylation sites (tertiary alicyclic amines) is 1. The summed E-state index contributed by atoms with van der Waals surface area (Å²) in [6, 6.07) is 5.09. The summed E-state index contributed by atoms with van der Waals surface area (Å²) in [4.78, 5) is 43.2. The van der Waals surface area contributed by atoms with E-state index in [1.807, 2.05) is 19.1 Å². The van der Waals surface area contributed by atoms with Crippen molar-refractivity contribution in [2.24, 2.45) is 0 Å². The third-order valence-electron chi connectivity index (χ3n) is 4.45. The monoisotopic (exact) mass is 358 g/mol. The fraction of sp³-hybridized carbons (Fsp3) is 0.444. The standard InChI is InChI=1S/C18H22N4O4/c1-13-2-3-15(12-19-13)26-14-4-8-21(9-5-14)17(24)7-11-22-10-6-16(23)20-18(22)25/h2-3,6,10,12,14H,4-5,7-9,11H2,1H3,(H,20,23,25). The van der Waals surface area contributed by atoms with Crippen LogP contribution in [0.5, 0.6) is 5.75 Å². The zero-order valence-corrected chi connectivity index (χ0v) is 14.7. The molecular weight excluding hydrogens is 336 g/mol. The molecule has 2 aromatic heterocycles. The maximum Gasteiger partial charge on any atom is 0.328 e. The molecule has 0 atom stereocenters. The van der Waals surface area contributed by atoms with Gasteiger partial charge in [-0.1, -0.05) is 0 Å². The fourth-order valence-electron chi connectivity index (χ4n) is 2.93. The van der Waals surface area contributed by atoms with Gasteiger partial charge in [0.1, 0.15) is 11.9 Å². The van der Waals surface area contributed by atoms with Gasteiger partial charge in [0, 0.05) is 56.9 Å². The van der Waals surface area contributed by atoms with E-state index in [2.05, 4.69) is 9.97 Å². The molecule has 8 heteroatoms. The topological polar surface area (TPSA) is 97.3 Å². The predicted octanol–water partition coefficient (Wildman–Crippen LogP) is 0.700. The minimum Gasteiger partial charge on any atom is -0.489 e. The molecule has 0 bridgehead atoms. The number of carbonyl (C=O) groups excluding carboxylic acids is 1. The minimum atomic E-state index is -0.496. The number of pyridine rings is 1. The van der Waals surface area contributed by atoms with Crippen LogP contribution in [0.15, 0.2) is 40.2 Å². The van der Waals surface area contributed by atoms with Gasteiger partial charge in [-0.05, 0) is 19.1 Å². The van der Waals surface area contributed by atoms with E-state index in [4.69, 9.17) is 4.74 Å². The van der Waals surface area contributed by atoms with E-state index in [0.29, 0.717) is 13.1 Å². The van der Waals surface area contributed by atoms with Crippen molar-refractivity contribution in [3.8, 4) is 5.75 Å². The third-order valence-corrected chi connectivity index (χ3v) is 4.45. The second-order valence-electron chi connectivity index (χ2n) is 6.39. The highest BCUT2D eigenvalue weighted by Gasteiger charge is 2.23. The fourth-order valence-corrected chi connectivity index (χ4v) is 2.93. The Morgan fingerprint density at radius 2 is 2.04 bits per heavy atom. The first kappa shape index (κ1) is 17.9. The number of piperidine rings is 1. The number of nitrogens with one attached hydrogen (secondary N) is 1. The molecule has 0 aromatic carbocycles. The second kappa shape index (κ2) is 7.99. The number of ether oxygens (including phenoxy) is 1. The van der Waals surface area contributed by atoms with E-state index in [9.17, 15) is 14.4 Å². The summed E-state index contributed by atoms with van der Waals surface area (Å²) >= 11 is 0. The molecule has 8 nitrogen and oxygen atoms in total. The van der Waals surface area contributed by atoms with Crippen LogP contribution in [0.25, 0.3) is 0 Å². The van der Waals surface area contributed by atoms with Crippen LogP contribution in [-0.2, 0) is 11.3 Å². The third kappa shape index (κ3) is 4.59. The Morgan fingerprint density at radius 1 is 1.27 bits per heavy atom. The zero-order valence-electron chi connectivity index (χ0n) is 14.7. The molecule has 1 aliphatic rings. The van der Waals surface area contributed by atoms with Gasteiger partial charge in [-0.2, -0.15) is 0 Å². The van der Waals surface area contributed by atoms with Gasteiger partial charge in [0.25, 0.3) is 5.56 Å². The molecule has 1 amide bonds. The van der Waals surface area contributed by atoms with Gasteiger partial charge in [0.2, 0.25) is 5.91 Å².